The molecule has 1 aliphatic heterocycles. The molecule has 0 N–H and O–H groups in total. The maximum atomic E-state index is 13.8. The van der Waals surface area contributed by atoms with Crippen LogP contribution in [0, 0.1) is 12.7 Å². The van der Waals surface area contributed by atoms with Crippen molar-refractivity contribution in [2.24, 2.45) is 0 Å². The number of unbranched alkanes of at least 4 members (excludes halogenated alkanes) is 3. The van der Waals surface area contributed by atoms with Crippen molar-refractivity contribution in [3.05, 3.63) is 92.9 Å². The summed E-state index contributed by atoms with van der Waals surface area (Å²) in [5.74, 6) is -0.609. The number of benzene rings is 2. The van der Waals surface area contributed by atoms with Crippen LogP contribution in [0.2, 0.25) is 0 Å². The monoisotopic (exact) mass is 564 g/mol. The second-order valence-electron chi connectivity index (χ2n) is 10.7. The highest BCUT2D eigenvalue weighted by Crippen LogP contribution is 2.21. The van der Waals surface area contributed by atoms with Gasteiger partial charge in [-0.25, -0.2) is 4.39 Å². The minimum atomic E-state index is -0.309. The van der Waals surface area contributed by atoms with Gasteiger partial charge in [0, 0.05) is 30.1 Å². The molecule has 0 spiro atoms. The van der Waals surface area contributed by atoms with Crippen LogP contribution in [0.4, 0.5) is 4.39 Å². The van der Waals surface area contributed by atoms with Gasteiger partial charge in [-0.3, -0.25) is 9.59 Å². The van der Waals surface area contributed by atoms with Gasteiger partial charge in [-0.15, -0.1) is 11.3 Å². The number of carbonyl (C=O) groups excluding carboxylic acids is 2. The lowest BCUT2D eigenvalue weighted by atomic mass is 10.0. The fourth-order valence-corrected chi connectivity index (χ4v) is 5.97. The smallest absolute Gasteiger partial charge is 0.254 e. The van der Waals surface area contributed by atoms with E-state index in [9.17, 15) is 14.0 Å². The number of rotatable bonds is 14. The van der Waals surface area contributed by atoms with Gasteiger partial charge in [0.2, 0.25) is 5.91 Å². The molecule has 0 aliphatic carbocycles. The van der Waals surface area contributed by atoms with E-state index in [1.807, 2.05) is 42.6 Å². The first-order valence-corrected chi connectivity index (χ1v) is 15.4. The van der Waals surface area contributed by atoms with E-state index in [1.54, 1.807) is 33.3 Å². The van der Waals surface area contributed by atoms with Crippen LogP contribution in [0.5, 0.6) is 0 Å². The Morgan fingerprint density at radius 3 is 2.35 bits per heavy atom. The molecule has 1 unspecified atom stereocenters. The number of carbonyl (C=O) groups is 2. The summed E-state index contributed by atoms with van der Waals surface area (Å²) in [6.45, 7) is 6.04. The zero-order valence-electron chi connectivity index (χ0n) is 23.7. The molecule has 40 heavy (non-hydrogen) atoms. The van der Waals surface area contributed by atoms with Gasteiger partial charge in [-0.1, -0.05) is 50.5 Å². The average molecular weight is 565 g/mol. The van der Waals surface area contributed by atoms with Gasteiger partial charge in [0.05, 0.1) is 12.6 Å². The lowest BCUT2D eigenvalue weighted by Gasteiger charge is -2.29. The topological polar surface area (TPSA) is 49.9 Å². The van der Waals surface area contributed by atoms with Crippen molar-refractivity contribution in [2.75, 3.05) is 19.7 Å². The molecule has 2 heterocycles. The number of hydrogen-bond donors (Lipinski definition) is 0. The van der Waals surface area contributed by atoms with Crippen molar-refractivity contribution < 1.29 is 18.7 Å². The molecule has 2 aromatic carbocycles. The maximum Gasteiger partial charge on any atom is 0.254 e. The highest BCUT2D eigenvalue weighted by Gasteiger charge is 2.27. The normalized spacial score (nSPS) is 14.8. The van der Waals surface area contributed by atoms with Crippen molar-refractivity contribution in [3.63, 3.8) is 0 Å². The second kappa shape index (κ2) is 15.1. The molecule has 1 saturated heterocycles. The van der Waals surface area contributed by atoms with E-state index in [0.717, 1.165) is 41.7 Å². The Labute approximate surface area is 242 Å². The lowest BCUT2D eigenvalue weighted by Crippen LogP contribution is -2.45. The molecule has 1 fully saturated rings. The minimum absolute atomic E-state index is 0.0386. The van der Waals surface area contributed by atoms with E-state index in [4.69, 9.17) is 4.74 Å². The molecule has 4 rings (SSSR count). The van der Waals surface area contributed by atoms with Crippen molar-refractivity contribution in [1.82, 2.24) is 9.80 Å². The Kier molecular flexibility index (Phi) is 11.3. The van der Waals surface area contributed by atoms with E-state index in [1.165, 1.54) is 37.0 Å². The van der Waals surface area contributed by atoms with E-state index in [2.05, 4.69) is 6.92 Å². The van der Waals surface area contributed by atoms with Crippen LogP contribution in [0.25, 0.3) is 0 Å². The number of aryl methyl sites for hydroxylation is 2. The molecule has 1 aliphatic rings. The molecular formula is C33H41FN2O3S. The molecule has 7 heteroatoms. The minimum Gasteiger partial charge on any atom is -0.376 e. The van der Waals surface area contributed by atoms with Crippen LogP contribution in [0.3, 0.4) is 0 Å². The van der Waals surface area contributed by atoms with Crippen molar-refractivity contribution in [3.8, 4) is 0 Å². The third-order valence-corrected chi connectivity index (χ3v) is 8.53. The van der Waals surface area contributed by atoms with Crippen molar-refractivity contribution >= 4 is 23.2 Å². The predicted molar refractivity (Wildman–Crippen MR) is 159 cm³/mol. The van der Waals surface area contributed by atoms with Gasteiger partial charge < -0.3 is 14.5 Å². The van der Waals surface area contributed by atoms with E-state index in [-0.39, 0.29) is 30.3 Å². The van der Waals surface area contributed by atoms with Crippen molar-refractivity contribution in [2.45, 2.75) is 78.0 Å². The van der Waals surface area contributed by atoms with Crippen LogP contribution in [0.15, 0.2) is 60.0 Å². The van der Waals surface area contributed by atoms with Crippen LogP contribution >= 0.6 is 11.3 Å². The predicted octanol–water partition coefficient (Wildman–Crippen LogP) is 7.17. The van der Waals surface area contributed by atoms with Gasteiger partial charge in [0.15, 0.2) is 0 Å². The Hall–Kier alpha value is -3.03. The fourth-order valence-electron chi connectivity index (χ4n) is 5.05. The quantitative estimate of drug-likeness (QED) is 0.195. The fraction of sp³-hybridized carbons (Fsp3) is 0.455. The highest BCUT2D eigenvalue weighted by molar-refractivity contribution is 7.10. The average Bonchev–Trinajstić information content (AvgIpc) is 3.63. The molecule has 2 amide bonds. The lowest BCUT2D eigenvalue weighted by molar-refractivity contribution is -0.133. The maximum absolute atomic E-state index is 13.8. The summed E-state index contributed by atoms with van der Waals surface area (Å²) < 4.78 is 19.4. The van der Waals surface area contributed by atoms with Crippen LogP contribution in [0.1, 0.15) is 77.4 Å². The van der Waals surface area contributed by atoms with Gasteiger partial charge in [0.1, 0.15) is 12.4 Å². The number of halogens is 1. The molecule has 3 aromatic rings. The van der Waals surface area contributed by atoms with E-state index < -0.39 is 0 Å². The van der Waals surface area contributed by atoms with Crippen molar-refractivity contribution in [1.29, 1.82) is 0 Å². The largest absolute Gasteiger partial charge is 0.376 e. The van der Waals surface area contributed by atoms with Crippen LogP contribution < -0.4 is 0 Å². The zero-order chi connectivity index (χ0) is 28.3. The van der Waals surface area contributed by atoms with Crippen LogP contribution in [-0.4, -0.2) is 47.4 Å². The van der Waals surface area contributed by atoms with Crippen LogP contribution in [-0.2, 0) is 29.0 Å². The number of thiophene rings is 1. The first-order chi connectivity index (χ1) is 19.4. The zero-order valence-corrected chi connectivity index (χ0v) is 24.6. The Morgan fingerprint density at radius 2 is 1.70 bits per heavy atom. The van der Waals surface area contributed by atoms with Gasteiger partial charge in [0.25, 0.3) is 5.91 Å². The Balaban J connectivity index is 1.50. The summed E-state index contributed by atoms with van der Waals surface area (Å²) in [6, 6.07) is 16.1. The molecule has 1 aromatic heterocycles. The second-order valence-corrected chi connectivity index (χ2v) is 11.7. The molecular weight excluding hydrogens is 523 g/mol. The van der Waals surface area contributed by atoms with E-state index >= 15 is 0 Å². The molecule has 214 valence electrons. The summed E-state index contributed by atoms with van der Waals surface area (Å²) in [5.41, 5.74) is 3.79. The summed E-state index contributed by atoms with van der Waals surface area (Å²) in [4.78, 5) is 32.1. The Morgan fingerprint density at radius 1 is 0.950 bits per heavy atom. The van der Waals surface area contributed by atoms with Gasteiger partial charge >= 0.3 is 0 Å². The number of amides is 2. The summed E-state index contributed by atoms with van der Waals surface area (Å²) >= 11 is 1.61. The molecule has 5 nitrogen and oxygen atoms in total. The standard InChI is InChI=1S/C33H41FN2O3S/c1-3-4-5-6-8-26-10-14-28(15-11-26)33(38)36(22-30-9-7-19-39-30)24-32(37)35(23-31-25(2)18-20-40-31)21-27-12-16-29(34)17-13-27/h10-18,20,30H,3-9,19,21-24H2,1-2H3. The highest BCUT2D eigenvalue weighted by atomic mass is 32.1. The molecule has 0 radical (unpaired) electrons. The van der Waals surface area contributed by atoms with Gasteiger partial charge in [-0.05, 0) is 85.0 Å². The van der Waals surface area contributed by atoms with E-state index in [0.29, 0.717) is 31.8 Å². The molecule has 0 saturated carbocycles. The third-order valence-electron chi connectivity index (χ3n) is 7.52. The summed E-state index contributed by atoms with van der Waals surface area (Å²) in [5, 5.41) is 2.02. The SMILES string of the molecule is CCCCCCc1ccc(C(=O)N(CC(=O)N(Cc2ccc(F)cc2)Cc2sccc2C)CC2CCCO2)cc1. The van der Waals surface area contributed by atoms with Gasteiger partial charge in [-0.2, -0.15) is 0 Å². The molecule has 0 bridgehead atoms. The summed E-state index contributed by atoms with van der Waals surface area (Å²) in [6.07, 6.45) is 7.59. The number of nitrogens with zero attached hydrogens (tertiary/aromatic N) is 2. The third kappa shape index (κ3) is 8.73. The molecule has 1 atom stereocenters. The Bertz CT molecular complexity index is 1220. The first-order valence-electron chi connectivity index (χ1n) is 14.5. The summed E-state index contributed by atoms with van der Waals surface area (Å²) in [7, 11) is 0. The number of ether oxygens (including phenoxy) is 1. The first kappa shape index (κ1) is 29.9. The number of hydrogen-bond acceptors (Lipinski definition) is 4.